The van der Waals surface area contributed by atoms with Crippen molar-refractivity contribution in [2.24, 2.45) is 0 Å². The van der Waals surface area contributed by atoms with Gasteiger partial charge in [-0.1, -0.05) is 31.2 Å². The van der Waals surface area contributed by atoms with Crippen molar-refractivity contribution >= 4 is 22.9 Å². The zero-order chi connectivity index (χ0) is 21.2. The van der Waals surface area contributed by atoms with E-state index in [-0.39, 0.29) is 5.75 Å². The molecule has 152 valence electrons. The number of nitrogens with one attached hydrogen (secondary N) is 1. The first-order chi connectivity index (χ1) is 13.7. The fourth-order valence-corrected chi connectivity index (χ4v) is 3.30. The number of fused-ring (bicyclic) bond motifs is 1. The van der Waals surface area contributed by atoms with Crippen LogP contribution in [0.15, 0.2) is 48.0 Å². The van der Waals surface area contributed by atoms with Crippen LogP contribution in [-0.4, -0.2) is 22.4 Å². The molecule has 1 aromatic heterocycles. The van der Waals surface area contributed by atoms with E-state index in [0.717, 1.165) is 27.9 Å². The predicted octanol–water partition coefficient (Wildman–Crippen LogP) is 5.84. The summed E-state index contributed by atoms with van der Waals surface area (Å²) in [5, 5.41) is 9.87. The Hall–Kier alpha value is -3.22. The van der Waals surface area contributed by atoms with Gasteiger partial charge in [0.1, 0.15) is 5.75 Å². The molecule has 4 nitrogen and oxygen atoms in total. The van der Waals surface area contributed by atoms with Gasteiger partial charge in [0.2, 0.25) is 0 Å². The Kier molecular flexibility index (Phi) is 5.68. The number of alkyl halides is 3. The maximum absolute atomic E-state index is 12.6. The first kappa shape index (κ1) is 20.5. The number of H-pyrrole nitrogens is 1. The standard InChI is InChI=1S/C22H20F3NO3/c1-3-16(21(27)28)10-14-5-4-6-15(9-14)11-18-13(2)26-20-8-7-17(12-19(18)20)29-22(23,24)25/h4-10,12,26H,3,11H2,1-2H3,(H,27,28)/b16-10-. The van der Waals surface area contributed by atoms with E-state index < -0.39 is 12.3 Å². The fraction of sp³-hybridized carbons (Fsp3) is 0.227. The van der Waals surface area contributed by atoms with Crippen LogP contribution in [0.2, 0.25) is 0 Å². The van der Waals surface area contributed by atoms with Gasteiger partial charge in [-0.3, -0.25) is 0 Å². The van der Waals surface area contributed by atoms with Crippen molar-refractivity contribution in [2.75, 3.05) is 0 Å². The zero-order valence-corrected chi connectivity index (χ0v) is 15.9. The van der Waals surface area contributed by atoms with Gasteiger partial charge in [0.25, 0.3) is 0 Å². The first-order valence-electron chi connectivity index (χ1n) is 9.06. The van der Waals surface area contributed by atoms with Crippen molar-refractivity contribution in [1.29, 1.82) is 0 Å². The molecule has 0 fully saturated rings. The maximum Gasteiger partial charge on any atom is 0.573 e. The molecule has 2 aromatic carbocycles. The van der Waals surface area contributed by atoms with Crippen molar-refractivity contribution in [3.63, 3.8) is 0 Å². The Morgan fingerprint density at radius 2 is 1.97 bits per heavy atom. The summed E-state index contributed by atoms with van der Waals surface area (Å²) in [5.74, 6) is -1.22. The number of ether oxygens (including phenoxy) is 1. The molecule has 29 heavy (non-hydrogen) atoms. The highest BCUT2D eigenvalue weighted by atomic mass is 19.4. The summed E-state index contributed by atoms with van der Waals surface area (Å²) in [5.41, 5.74) is 4.43. The van der Waals surface area contributed by atoms with Gasteiger partial charge >= 0.3 is 12.3 Å². The molecule has 0 spiro atoms. The van der Waals surface area contributed by atoms with Crippen molar-refractivity contribution in [3.05, 3.63) is 70.4 Å². The molecule has 2 N–H and O–H groups in total. The lowest BCUT2D eigenvalue weighted by molar-refractivity contribution is -0.274. The van der Waals surface area contributed by atoms with Crippen molar-refractivity contribution in [3.8, 4) is 5.75 Å². The Morgan fingerprint density at radius 3 is 2.62 bits per heavy atom. The van der Waals surface area contributed by atoms with Crippen LogP contribution in [0.5, 0.6) is 5.75 Å². The number of aryl methyl sites for hydroxylation is 1. The van der Waals surface area contributed by atoms with Crippen LogP contribution in [0.25, 0.3) is 17.0 Å². The summed E-state index contributed by atoms with van der Waals surface area (Å²) in [7, 11) is 0. The minimum Gasteiger partial charge on any atom is -0.478 e. The second-order valence-corrected chi connectivity index (χ2v) is 6.73. The largest absolute Gasteiger partial charge is 0.573 e. The Bertz CT molecular complexity index is 1080. The number of aromatic nitrogens is 1. The topological polar surface area (TPSA) is 62.3 Å². The van der Waals surface area contributed by atoms with E-state index in [2.05, 4.69) is 9.72 Å². The molecule has 0 aliphatic heterocycles. The van der Waals surface area contributed by atoms with E-state index in [4.69, 9.17) is 0 Å². The van der Waals surface area contributed by atoms with Crippen LogP contribution in [0.3, 0.4) is 0 Å². The second-order valence-electron chi connectivity index (χ2n) is 6.73. The number of hydrogen-bond donors (Lipinski definition) is 2. The highest BCUT2D eigenvalue weighted by Gasteiger charge is 2.31. The molecule has 0 unspecified atom stereocenters. The third-order valence-electron chi connectivity index (χ3n) is 4.65. The number of benzene rings is 2. The van der Waals surface area contributed by atoms with Crippen LogP contribution >= 0.6 is 0 Å². The smallest absolute Gasteiger partial charge is 0.478 e. The quantitative estimate of drug-likeness (QED) is 0.508. The third-order valence-corrected chi connectivity index (χ3v) is 4.65. The van der Waals surface area contributed by atoms with E-state index in [1.165, 1.54) is 12.1 Å². The molecule has 0 aliphatic rings. The Balaban J connectivity index is 1.96. The summed E-state index contributed by atoms with van der Waals surface area (Å²) in [6, 6.07) is 11.7. The van der Waals surface area contributed by atoms with Gasteiger partial charge in [-0.15, -0.1) is 13.2 Å². The SMILES string of the molecule is CC/C(=C/c1cccc(Cc2c(C)[nH]c3ccc(OC(F)(F)F)cc23)c1)C(=O)O. The minimum atomic E-state index is -4.75. The molecule has 3 rings (SSSR count). The summed E-state index contributed by atoms with van der Waals surface area (Å²) in [6.45, 7) is 3.64. The summed E-state index contributed by atoms with van der Waals surface area (Å²) in [4.78, 5) is 14.4. The van der Waals surface area contributed by atoms with Gasteiger partial charge in [-0.2, -0.15) is 0 Å². The molecule has 3 aromatic rings. The number of aromatic amines is 1. The molecule has 0 bridgehead atoms. The van der Waals surface area contributed by atoms with Gasteiger partial charge in [0, 0.05) is 22.2 Å². The fourth-order valence-electron chi connectivity index (χ4n) is 3.30. The van der Waals surface area contributed by atoms with Crippen LogP contribution < -0.4 is 4.74 Å². The van der Waals surface area contributed by atoms with E-state index in [9.17, 15) is 23.1 Å². The van der Waals surface area contributed by atoms with Crippen LogP contribution in [0, 0.1) is 6.92 Å². The zero-order valence-electron chi connectivity index (χ0n) is 15.9. The van der Waals surface area contributed by atoms with Crippen molar-refractivity contribution in [2.45, 2.75) is 33.1 Å². The molecule has 7 heteroatoms. The lowest BCUT2D eigenvalue weighted by atomic mass is 9.99. The average molecular weight is 403 g/mol. The van der Waals surface area contributed by atoms with Gasteiger partial charge < -0.3 is 14.8 Å². The van der Waals surface area contributed by atoms with Crippen LogP contribution in [-0.2, 0) is 11.2 Å². The molecule has 0 amide bonds. The van der Waals surface area contributed by atoms with E-state index in [0.29, 0.717) is 23.8 Å². The monoisotopic (exact) mass is 403 g/mol. The highest BCUT2D eigenvalue weighted by molar-refractivity contribution is 5.92. The van der Waals surface area contributed by atoms with Gasteiger partial charge in [-0.25, -0.2) is 4.79 Å². The maximum atomic E-state index is 12.6. The molecular weight excluding hydrogens is 383 g/mol. The highest BCUT2D eigenvalue weighted by Crippen LogP contribution is 2.31. The number of aliphatic carboxylic acids is 1. The predicted molar refractivity (Wildman–Crippen MR) is 105 cm³/mol. The number of carbonyl (C=O) groups is 1. The van der Waals surface area contributed by atoms with Crippen LogP contribution in [0.4, 0.5) is 13.2 Å². The van der Waals surface area contributed by atoms with E-state index in [1.807, 2.05) is 31.2 Å². The van der Waals surface area contributed by atoms with E-state index in [1.54, 1.807) is 19.1 Å². The number of carboxylic acid groups (broad SMARTS) is 1. The average Bonchev–Trinajstić information content (AvgIpc) is 2.93. The van der Waals surface area contributed by atoms with Crippen molar-refractivity contribution < 1.29 is 27.8 Å². The van der Waals surface area contributed by atoms with Gasteiger partial charge in [0.05, 0.1) is 0 Å². The van der Waals surface area contributed by atoms with Crippen LogP contribution in [0.1, 0.15) is 35.7 Å². The van der Waals surface area contributed by atoms with Crippen molar-refractivity contribution in [1.82, 2.24) is 4.98 Å². The normalized spacial score (nSPS) is 12.4. The number of rotatable bonds is 6. The summed E-state index contributed by atoms with van der Waals surface area (Å²) >= 11 is 0. The summed E-state index contributed by atoms with van der Waals surface area (Å²) in [6.07, 6.45) is -2.23. The number of hydrogen-bond acceptors (Lipinski definition) is 2. The lowest BCUT2D eigenvalue weighted by Gasteiger charge is -2.09. The molecule has 1 heterocycles. The van der Waals surface area contributed by atoms with Gasteiger partial charge in [-0.05, 0) is 60.7 Å². The second kappa shape index (κ2) is 8.03. The molecule has 0 aliphatic carbocycles. The lowest BCUT2D eigenvalue weighted by Crippen LogP contribution is -2.16. The molecule has 0 radical (unpaired) electrons. The third kappa shape index (κ3) is 4.99. The minimum absolute atomic E-state index is 0.268. The molecule has 0 saturated heterocycles. The first-order valence-corrected chi connectivity index (χ1v) is 9.06. The number of halogens is 3. The Labute approximate surface area is 165 Å². The molecule has 0 saturated carbocycles. The molecule has 0 atom stereocenters. The van der Waals surface area contributed by atoms with E-state index >= 15 is 0 Å². The Morgan fingerprint density at radius 1 is 1.21 bits per heavy atom. The number of carboxylic acids is 1. The van der Waals surface area contributed by atoms with Gasteiger partial charge in [0.15, 0.2) is 0 Å². The molecular formula is C22H20F3NO3. The summed E-state index contributed by atoms with van der Waals surface area (Å²) < 4.78 is 41.7.